The SMILES string of the molecule is CC(C)(C)OC(=O)N1CCC[C@H]1CCCCCCc1ccccc1. The van der Waals surface area contributed by atoms with Crippen LogP contribution >= 0.6 is 0 Å². The van der Waals surface area contributed by atoms with Gasteiger partial charge in [-0.15, -0.1) is 0 Å². The first-order valence-corrected chi connectivity index (χ1v) is 9.49. The molecule has 1 aliphatic heterocycles. The predicted molar refractivity (Wildman–Crippen MR) is 99.2 cm³/mol. The summed E-state index contributed by atoms with van der Waals surface area (Å²) in [5.41, 5.74) is 1.03. The van der Waals surface area contributed by atoms with Crippen molar-refractivity contribution < 1.29 is 9.53 Å². The van der Waals surface area contributed by atoms with Crippen LogP contribution in [0, 0.1) is 0 Å². The Balaban J connectivity index is 1.61. The van der Waals surface area contributed by atoms with E-state index in [0.29, 0.717) is 6.04 Å². The van der Waals surface area contributed by atoms with Crippen LogP contribution in [0.15, 0.2) is 30.3 Å². The number of amides is 1. The number of ether oxygens (including phenoxy) is 1. The van der Waals surface area contributed by atoms with E-state index in [9.17, 15) is 4.79 Å². The minimum atomic E-state index is -0.401. The van der Waals surface area contributed by atoms with Crippen molar-refractivity contribution in [2.24, 2.45) is 0 Å². The second kappa shape index (κ2) is 9.10. The summed E-state index contributed by atoms with van der Waals surface area (Å²) in [7, 11) is 0. The molecule has 1 aliphatic rings. The standard InChI is InChI=1S/C21H33NO2/c1-21(2,3)24-20(23)22-17-11-16-19(22)15-10-5-4-7-12-18-13-8-6-9-14-18/h6,8-9,13-14,19H,4-5,7,10-12,15-17H2,1-3H3/t19-/m1/s1. The summed E-state index contributed by atoms with van der Waals surface area (Å²) >= 11 is 0. The summed E-state index contributed by atoms with van der Waals surface area (Å²) in [5, 5.41) is 0. The van der Waals surface area contributed by atoms with E-state index < -0.39 is 5.60 Å². The molecule has 0 aliphatic carbocycles. The number of carbonyl (C=O) groups is 1. The van der Waals surface area contributed by atoms with E-state index in [1.54, 1.807) is 0 Å². The van der Waals surface area contributed by atoms with Gasteiger partial charge in [-0.05, 0) is 58.4 Å². The fourth-order valence-corrected chi connectivity index (χ4v) is 3.40. The quantitative estimate of drug-likeness (QED) is 0.610. The summed E-state index contributed by atoms with van der Waals surface area (Å²) in [6.45, 7) is 6.65. The van der Waals surface area contributed by atoms with Gasteiger partial charge in [0.1, 0.15) is 5.60 Å². The second-order valence-corrected chi connectivity index (χ2v) is 7.91. The van der Waals surface area contributed by atoms with Crippen LogP contribution in [0.5, 0.6) is 0 Å². The molecular formula is C21H33NO2. The van der Waals surface area contributed by atoms with E-state index in [4.69, 9.17) is 4.74 Å². The van der Waals surface area contributed by atoms with Crippen LogP contribution in [0.4, 0.5) is 4.79 Å². The number of hydrogen-bond donors (Lipinski definition) is 0. The molecule has 0 unspecified atom stereocenters. The fraction of sp³-hybridized carbons (Fsp3) is 0.667. The molecule has 0 spiro atoms. The maximum Gasteiger partial charge on any atom is 0.410 e. The molecule has 2 rings (SSSR count). The van der Waals surface area contributed by atoms with Gasteiger partial charge in [0.25, 0.3) is 0 Å². The molecule has 3 heteroatoms. The zero-order chi connectivity index (χ0) is 17.4. The average Bonchev–Trinajstić information content (AvgIpc) is 2.99. The lowest BCUT2D eigenvalue weighted by Gasteiger charge is -2.28. The van der Waals surface area contributed by atoms with Gasteiger partial charge in [0, 0.05) is 12.6 Å². The van der Waals surface area contributed by atoms with Crippen LogP contribution in [0.3, 0.4) is 0 Å². The molecule has 0 bridgehead atoms. The molecule has 1 fully saturated rings. The van der Waals surface area contributed by atoms with Gasteiger partial charge in [0.05, 0.1) is 0 Å². The van der Waals surface area contributed by atoms with Crippen molar-refractivity contribution >= 4 is 6.09 Å². The lowest BCUT2D eigenvalue weighted by atomic mass is 10.0. The maximum atomic E-state index is 12.3. The van der Waals surface area contributed by atoms with Crippen molar-refractivity contribution in [2.45, 2.75) is 83.8 Å². The summed E-state index contributed by atoms with van der Waals surface area (Å²) in [6.07, 6.45) is 9.39. The van der Waals surface area contributed by atoms with E-state index in [1.807, 2.05) is 25.7 Å². The minimum absolute atomic E-state index is 0.130. The monoisotopic (exact) mass is 331 g/mol. The number of unbranched alkanes of at least 4 members (excludes halogenated alkanes) is 3. The van der Waals surface area contributed by atoms with E-state index in [1.165, 1.54) is 37.7 Å². The van der Waals surface area contributed by atoms with Gasteiger partial charge in [-0.2, -0.15) is 0 Å². The highest BCUT2D eigenvalue weighted by Crippen LogP contribution is 2.25. The van der Waals surface area contributed by atoms with Crippen LogP contribution in [0.25, 0.3) is 0 Å². The van der Waals surface area contributed by atoms with Crippen molar-refractivity contribution in [1.82, 2.24) is 4.90 Å². The van der Waals surface area contributed by atoms with Crippen LogP contribution in [-0.4, -0.2) is 29.2 Å². The first kappa shape index (κ1) is 18.8. The average molecular weight is 331 g/mol. The normalized spacial score (nSPS) is 18.0. The lowest BCUT2D eigenvalue weighted by molar-refractivity contribution is 0.0218. The van der Waals surface area contributed by atoms with Crippen molar-refractivity contribution in [2.75, 3.05) is 6.54 Å². The van der Waals surface area contributed by atoms with Gasteiger partial charge < -0.3 is 9.64 Å². The topological polar surface area (TPSA) is 29.5 Å². The summed E-state index contributed by atoms with van der Waals surface area (Å²) in [5.74, 6) is 0. The first-order chi connectivity index (χ1) is 11.5. The molecule has 0 aromatic heterocycles. The minimum Gasteiger partial charge on any atom is -0.444 e. The Labute approximate surface area is 147 Å². The zero-order valence-electron chi connectivity index (χ0n) is 15.6. The smallest absolute Gasteiger partial charge is 0.410 e. The number of carbonyl (C=O) groups excluding carboxylic acids is 1. The summed E-state index contributed by atoms with van der Waals surface area (Å²) in [4.78, 5) is 14.2. The Morgan fingerprint density at radius 3 is 2.54 bits per heavy atom. The molecule has 0 saturated carbocycles. The van der Waals surface area contributed by atoms with Crippen LogP contribution in [-0.2, 0) is 11.2 Å². The first-order valence-electron chi connectivity index (χ1n) is 9.49. The van der Waals surface area contributed by atoms with Crippen LogP contribution in [0.2, 0.25) is 0 Å². The Kier molecular flexibility index (Phi) is 7.14. The largest absolute Gasteiger partial charge is 0.444 e. The summed E-state index contributed by atoms with van der Waals surface area (Å²) in [6, 6.07) is 11.1. The third-order valence-electron chi connectivity index (χ3n) is 4.60. The van der Waals surface area contributed by atoms with E-state index in [-0.39, 0.29) is 6.09 Å². The van der Waals surface area contributed by atoms with Crippen LogP contribution in [0.1, 0.15) is 71.3 Å². The van der Waals surface area contributed by atoms with Gasteiger partial charge >= 0.3 is 6.09 Å². The third-order valence-corrected chi connectivity index (χ3v) is 4.60. The highest BCUT2D eigenvalue weighted by molar-refractivity contribution is 5.68. The number of benzene rings is 1. The Bertz CT molecular complexity index is 492. The van der Waals surface area contributed by atoms with E-state index in [0.717, 1.165) is 25.8 Å². The predicted octanol–water partition coefficient (Wildman–Crippen LogP) is 5.58. The number of likely N-dealkylation sites (tertiary alicyclic amines) is 1. The molecule has 24 heavy (non-hydrogen) atoms. The van der Waals surface area contributed by atoms with E-state index in [2.05, 4.69) is 30.3 Å². The number of hydrogen-bond acceptors (Lipinski definition) is 2. The fourth-order valence-electron chi connectivity index (χ4n) is 3.40. The summed E-state index contributed by atoms with van der Waals surface area (Å²) < 4.78 is 5.53. The van der Waals surface area contributed by atoms with E-state index >= 15 is 0 Å². The molecular weight excluding hydrogens is 298 g/mol. The molecule has 1 aromatic carbocycles. The van der Waals surface area contributed by atoms with Gasteiger partial charge in [-0.1, -0.05) is 49.6 Å². The van der Waals surface area contributed by atoms with Crippen molar-refractivity contribution in [1.29, 1.82) is 0 Å². The van der Waals surface area contributed by atoms with Crippen molar-refractivity contribution in [3.05, 3.63) is 35.9 Å². The lowest BCUT2D eigenvalue weighted by Crippen LogP contribution is -2.39. The van der Waals surface area contributed by atoms with Crippen molar-refractivity contribution in [3.63, 3.8) is 0 Å². The highest BCUT2D eigenvalue weighted by atomic mass is 16.6. The molecule has 0 N–H and O–H groups in total. The molecule has 1 amide bonds. The number of aryl methyl sites for hydroxylation is 1. The molecule has 1 saturated heterocycles. The van der Waals surface area contributed by atoms with Gasteiger partial charge in [0.2, 0.25) is 0 Å². The molecule has 0 radical (unpaired) electrons. The second-order valence-electron chi connectivity index (χ2n) is 7.91. The molecule has 1 aromatic rings. The molecule has 134 valence electrons. The van der Waals surface area contributed by atoms with Gasteiger partial charge in [-0.25, -0.2) is 4.79 Å². The zero-order valence-corrected chi connectivity index (χ0v) is 15.6. The van der Waals surface area contributed by atoms with Gasteiger partial charge in [0.15, 0.2) is 0 Å². The molecule has 1 atom stereocenters. The number of nitrogens with zero attached hydrogens (tertiary/aromatic N) is 1. The van der Waals surface area contributed by atoms with Crippen LogP contribution < -0.4 is 0 Å². The van der Waals surface area contributed by atoms with Crippen molar-refractivity contribution in [3.8, 4) is 0 Å². The highest BCUT2D eigenvalue weighted by Gasteiger charge is 2.31. The number of rotatable bonds is 7. The Morgan fingerprint density at radius 2 is 1.83 bits per heavy atom. The molecule has 1 heterocycles. The maximum absolute atomic E-state index is 12.3. The Morgan fingerprint density at radius 1 is 1.12 bits per heavy atom. The van der Waals surface area contributed by atoms with Gasteiger partial charge in [-0.3, -0.25) is 0 Å². The Hall–Kier alpha value is -1.51. The third kappa shape index (κ3) is 6.54. The molecule has 3 nitrogen and oxygen atoms in total.